The molecule has 0 saturated heterocycles. The minimum absolute atomic E-state index is 0.458. The lowest BCUT2D eigenvalue weighted by Gasteiger charge is -2.10. The molecule has 0 unspecified atom stereocenters. The molecule has 4 heterocycles. The molecule has 156 valence electrons. The van der Waals surface area contributed by atoms with Crippen molar-refractivity contribution in [2.24, 2.45) is 0 Å². The molecule has 9 heteroatoms. The van der Waals surface area contributed by atoms with Crippen molar-refractivity contribution in [3.05, 3.63) is 91.8 Å². The van der Waals surface area contributed by atoms with Crippen molar-refractivity contribution in [2.75, 3.05) is 0 Å². The van der Waals surface area contributed by atoms with Gasteiger partial charge in [0, 0.05) is 0 Å². The lowest BCUT2D eigenvalue weighted by Crippen LogP contribution is -2.12. The Morgan fingerprint density at radius 1 is 0.394 bits per heavy atom. The van der Waals surface area contributed by atoms with Crippen LogP contribution in [0.2, 0.25) is 0 Å². The van der Waals surface area contributed by atoms with Crippen LogP contribution in [0.25, 0.3) is 50.9 Å². The van der Waals surface area contributed by atoms with Crippen LogP contribution in [-0.4, -0.2) is 43.6 Å². The number of hydrogen-bond acceptors (Lipinski definition) is 6. The summed E-state index contributed by atoms with van der Waals surface area (Å²) in [6.45, 7) is 0. The van der Waals surface area contributed by atoms with Crippen molar-refractivity contribution in [2.45, 2.75) is 0 Å². The summed E-state index contributed by atoms with van der Waals surface area (Å²) < 4.78 is 5.59. The number of para-hydroxylation sites is 6. The van der Waals surface area contributed by atoms with Gasteiger partial charge in [-0.2, -0.15) is 15.0 Å². The maximum absolute atomic E-state index is 4.80. The van der Waals surface area contributed by atoms with E-state index in [1.807, 2.05) is 86.5 Å². The van der Waals surface area contributed by atoms with E-state index < -0.39 is 0 Å². The highest BCUT2D eigenvalue weighted by Crippen LogP contribution is 2.21. The molecule has 7 aromatic rings. The predicted octanol–water partition coefficient (Wildman–Crippen LogP) is 3.89. The summed E-state index contributed by atoms with van der Waals surface area (Å²) in [5.74, 6) is 1.37. The van der Waals surface area contributed by atoms with E-state index in [1.165, 1.54) is 0 Å². The van der Waals surface area contributed by atoms with E-state index in [4.69, 9.17) is 15.0 Å². The molecule has 0 aliphatic rings. The smallest absolute Gasteiger partial charge is 0.242 e. The van der Waals surface area contributed by atoms with Gasteiger partial charge in [-0.05, 0) is 36.4 Å². The molecular weight excluding hydrogens is 414 g/mol. The van der Waals surface area contributed by atoms with Gasteiger partial charge in [0.1, 0.15) is 19.0 Å². The number of hydrogen-bond donors (Lipinski definition) is 0. The summed E-state index contributed by atoms with van der Waals surface area (Å²) in [7, 11) is 0. The first-order valence-corrected chi connectivity index (χ1v) is 10.4. The summed E-state index contributed by atoms with van der Waals surface area (Å²) in [6.07, 6.45) is 5.18. The molecule has 0 aliphatic carbocycles. The standard InChI is InChI=1S/C24H15N9/c1-4-10-19-16(7-1)25-13-31(19)22-28-23(32-14-26-17-8-2-5-11-20(17)32)30-24(29-22)33-15-27-18-9-3-6-12-21(18)33/h1-15H. The van der Waals surface area contributed by atoms with Crippen molar-refractivity contribution in [3.8, 4) is 17.8 Å². The van der Waals surface area contributed by atoms with Crippen LogP contribution in [0.5, 0.6) is 0 Å². The van der Waals surface area contributed by atoms with Gasteiger partial charge >= 0.3 is 0 Å². The number of benzene rings is 3. The second-order valence-corrected chi connectivity index (χ2v) is 7.55. The molecule has 0 saturated carbocycles. The Kier molecular flexibility index (Phi) is 3.65. The summed E-state index contributed by atoms with van der Waals surface area (Å²) >= 11 is 0. The van der Waals surface area contributed by atoms with Crippen molar-refractivity contribution in [1.29, 1.82) is 0 Å². The molecule has 0 amide bonds. The fourth-order valence-corrected chi connectivity index (χ4v) is 4.02. The molecule has 3 aromatic carbocycles. The third-order valence-electron chi connectivity index (χ3n) is 5.61. The second-order valence-electron chi connectivity index (χ2n) is 7.55. The Labute approximate surface area is 186 Å². The van der Waals surface area contributed by atoms with E-state index in [1.54, 1.807) is 19.0 Å². The van der Waals surface area contributed by atoms with Crippen LogP contribution in [0.1, 0.15) is 0 Å². The zero-order valence-electron chi connectivity index (χ0n) is 17.2. The minimum Gasteiger partial charge on any atom is -0.267 e. The van der Waals surface area contributed by atoms with E-state index in [2.05, 4.69) is 15.0 Å². The van der Waals surface area contributed by atoms with E-state index in [-0.39, 0.29) is 0 Å². The van der Waals surface area contributed by atoms with Crippen LogP contribution in [-0.2, 0) is 0 Å². The normalized spacial score (nSPS) is 11.6. The molecule has 0 aliphatic heterocycles. The quantitative estimate of drug-likeness (QED) is 0.423. The fraction of sp³-hybridized carbons (Fsp3) is 0. The lowest BCUT2D eigenvalue weighted by molar-refractivity contribution is 0.816. The Balaban J connectivity index is 1.52. The van der Waals surface area contributed by atoms with E-state index in [0.29, 0.717) is 17.8 Å². The van der Waals surface area contributed by atoms with E-state index in [0.717, 1.165) is 33.1 Å². The van der Waals surface area contributed by atoms with Gasteiger partial charge in [0.05, 0.1) is 33.1 Å². The Hall–Kier alpha value is -4.92. The average Bonchev–Trinajstić information content (AvgIpc) is 3.60. The lowest BCUT2D eigenvalue weighted by atomic mass is 10.3. The highest BCUT2D eigenvalue weighted by atomic mass is 15.3. The van der Waals surface area contributed by atoms with E-state index in [9.17, 15) is 0 Å². The molecule has 0 radical (unpaired) electrons. The van der Waals surface area contributed by atoms with Crippen LogP contribution in [0.4, 0.5) is 0 Å². The predicted molar refractivity (Wildman–Crippen MR) is 124 cm³/mol. The molecule has 0 fully saturated rings. The van der Waals surface area contributed by atoms with Crippen LogP contribution < -0.4 is 0 Å². The van der Waals surface area contributed by atoms with Gasteiger partial charge in [-0.3, -0.25) is 13.7 Å². The Bertz CT molecular complexity index is 1570. The monoisotopic (exact) mass is 429 g/mol. The zero-order valence-corrected chi connectivity index (χ0v) is 17.2. The highest BCUT2D eigenvalue weighted by Gasteiger charge is 2.16. The van der Waals surface area contributed by atoms with Crippen molar-refractivity contribution < 1.29 is 0 Å². The SMILES string of the molecule is c1ccc2c(c1)ncn2-c1nc(-n2cnc3ccccc32)nc(-n2cnc3ccccc32)n1. The first-order chi connectivity index (χ1) is 16.3. The maximum Gasteiger partial charge on any atom is 0.242 e. The third-order valence-corrected chi connectivity index (χ3v) is 5.61. The maximum atomic E-state index is 4.80. The number of fused-ring (bicyclic) bond motifs is 3. The van der Waals surface area contributed by atoms with Gasteiger partial charge < -0.3 is 0 Å². The summed E-state index contributed by atoms with van der Waals surface area (Å²) in [5, 5.41) is 0. The fourth-order valence-electron chi connectivity index (χ4n) is 4.02. The van der Waals surface area contributed by atoms with Gasteiger partial charge in [0.2, 0.25) is 17.8 Å². The molecule has 0 N–H and O–H groups in total. The molecule has 0 spiro atoms. The molecule has 0 atom stereocenters. The van der Waals surface area contributed by atoms with Crippen molar-refractivity contribution >= 4 is 33.1 Å². The molecular formula is C24H15N9. The first-order valence-electron chi connectivity index (χ1n) is 10.4. The van der Waals surface area contributed by atoms with Crippen molar-refractivity contribution in [3.63, 3.8) is 0 Å². The van der Waals surface area contributed by atoms with Gasteiger partial charge in [0.15, 0.2) is 0 Å². The van der Waals surface area contributed by atoms with Gasteiger partial charge in [-0.1, -0.05) is 36.4 Å². The summed E-state index contributed by atoms with van der Waals surface area (Å²) in [6, 6.07) is 23.6. The van der Waals surface area contributed by atoms with Crippen LogP contribution in [0.3, 0.4) is 0 Å². The summed E-state index contributed by atoms with van der Waals surface area (Å²) in [5.41, 5.74) is 5.32. The summed E-state index contributed by atoms with van der Waals surface area (Å²) in [4.78, 5) is 27.9. The molecule has 9 nitrogen and oxygen atoms in total. The number of imidazole rings is 3. The molecule has 7 rings (SSSR count). The van der Waals surface area contributed by atoms with E-state index >= 15 is 0 Å². The number of aromatic nitrogens is 9. The van der Waals surface area contributed by atoms with Crippen LogP contribution in [0, 0.1) is 0 Å². The largest absolute Gasteiger partial charge is 0.267 e. The van der Waals surface area contributed by atoms with Crippen LogP contribution >= 0.6 is 0 Å². The Morgan fingerprint density at radius 2 is 0.697 bits per heavy atom. The molecule has 0 bridgehead atoms. The van der Waals surface area contributed by atoms with Gasteiger partial charge in [0.25, 0.3) is 0 Å². The van der Waals surface area contributed by atoms with Gasteiger partial charge in [-0.25, -0.2) is 15.0 Å². The first kappa shape index (κ1) is 17.7. The molecule has 33 heavy (non-hydrogen) atoms. The number of rotatable bonds is 3. The Morgan fingerprint density at radius 3 is 1.03 bits per heavy atom. The zero-order chi connectivity index (χ0) is 21.8. The minimum atomic E-state index is 0.458. The average molecular weight is 429 g/mol. The topological polar surface area (TPSA) is 92.1 Å². The molecule has 4 aromatic heterocycles. The van der Waals surface area contributed by atoms with Crippen molar-refractivity contribution in [1.82, 2.24) is 43.6 Å². The highest BCUT2D eigenvalue weighted by molar-refractivity contribution is 5.78. The second kappa shape index (κ2) is 6.79. The van der Waals surface area contributed by atoms with Crippen LogP contribution in [0.15, 0.2) is 91.8 Å². The number of nitrogens with zero attached hydrogens (tertiary/aromatic N) is 9. The van der Waals surface area contributed by atoms with Gasteiger partial charge in [-0.15, -0.1) is 0 Å². The third kappa shape index (κ3) is 2.72.